The summed E-state index contributed by atoms with van der Waals surface area (Å²) in [5.41, 5.74) is 6.97. The van der Waals surface area contributed by atoms with Crippen LogP contribution in [0, 0.1) is 6.92 Å². The average Bonchev–Trinajstić information content (AvgIpc) is 2.26. The van der Waals surface area contributed by atoms with E-state index in [2.05, 4.69) is 29.1 Å². The summed E-state index contributed by atoms with van der Waals surface area (Å²) in [4.78, 5) is 8.40. The van der Waals surface area contributed by atoms with E-state index in [1.807, 2.05) is 13.0 Å². The van der Waals surface area contributed by atoms with E-state index < -0.39 is 0 Å². The molecule has 0 unspecified atom stereocenters. The summed E-state index contributed by atoms with van der Waals surface area (Å²) in [6.07, 6.45) is 3.64. The quantitative estimate of drug-likeness (QED) is 0.773. The fraction of sp³-hybridized carbons (Fsp3) is 0.636. The Balaban J connectivity index is 2.56. The molecule has 0 amide bonds. The third-order valence-corrected chi connectivity index (χ3v) is 2.80. The Bertz CT molecular complexity index is 307. The van der Waals surface area contributed by atoms with Crippen molar-refractivity contribution in [2.24, 2.45) is 5.73 Å². The molecule has 0 saturated heterocycles. The van der Waals surface area contributed by atoms with Crippen LogP contribution in [0.25, 0.3) is 0 Å². The second-order valence-electron chi connectivity index (χ2n) is 3.94. The van der Waals surface area contributed by atoms with Gasteiger partial charge in [0.25, 0.3) is 0 Å². The minimum Gasteiger partial charge on any atom is -0.352 e. The minimum absolute atomic E-state index is 0.160. The smallest absolute Gasteiger partial charge is 0.222 e. The van der Waals surface area contributed by atoms with Crippen molar-refractivity contribution in [3.05, 3.63) is 18.0 Å². The summed E-state index contributed by atoms with van der Waals surface area (Å²) < 4.78 is 0. The topological polar surface area (TPSA) is 63.8 Å². The summed E-state index contributed by atoms with van der Waals surface area (Å²) in [7, 11) is 0. The highest BCUT2D eigenvalue weighted by Gasteiger charge is 2.19. The molecule has 4 nitrogen and oxygen atoms in total. The van der Waals surface area contributed by atoms with Gasteiger partial charge in [-0.25, -0.2) is 9.97 Å². The second kappa shape index (κ2) is 5.07. The molecule has 0 fully saturated rings. The largest absolute Gasteiger partial charge is 0.352 e. The van der Waals surface area contributed by atoms with Crippen LogP contribution in [0.4, 0.5) is 5.95 Å². The van der Waals surface area contributed by atoms with Gasteiger partial charge in [0, 0.05) is 24.0 Å². The Kier molecular flexibility index (Phi) is 4.03. The summed E-state index contributed by atoms with van der Waals surface area (Å²) >= 11 is 0. The minimum atomic E-state index is -0.160. The molecule has 84 valence electrons. The molecule has 0 aromatic carbocycles. The fourth-order valence-electron chi connectivity index (χ4n) is 1.29. The molecule has 1 rings (SSSR count). The van der Waals surface area contributed by atoms with Crippen LogP contribution in [0.1, 0.15) is 32.4 Å². The standard InChI is InChI=1S/C11H20N4/c1-4-11(12,5-2)8-14-10-13-7-6-9(3)15-10/h6-7H,4-5,8,12H2,1-3H3,(H,13,14,15). The van der Waals surface area contributed by atoms with E-state index in [0.29, 0.717) is 12.5 Å². The maximum absolute atomic E-state index is 6.16. The van der Waals surface area contributed by atoms with Gasteiger partial charge >= 0.3 is 0 Å². The van der Waals surface area contributed by atoms with Crippen LogP contribution in [0.3, 0.4) is 0 Å². The predicted octanol–water partition coefficient (Wildman–Crippen LogP) is 1.71. The molecular formula is C11H20N4. The second-order valence-corrected chi connectivity index (χ2v) is 3.94. The number of anilines is 1. The normalized spacial score (nSPS) is 11.5. The lowest BCUT2D eigenvalue weighted by Gasteiger charge is -2.26. The molecular weight excluding hydrogens is 188 g/mol. The van der Waals surface area contributed by atoms with Crippen molar-refractivity contribution in [2.45, 2.75) is 39.2 Å². The third kappa shape index (κ3) is 3.47. The molecule has 0 bridgehead atoms. The van der Waals surface area contributed by atoms with Crippen LogP contribution in [0.2, 0.25) is 0 Å². The van der Waals surface area contributed by atoms with Crippen molar-refractivity contribution >= 4 is 5.95 Å². The number of nitrogens with one attached hydrogen (secondary N) is 1. The lowest BCUT2D eigenvalue weighted by atomic mass is 9.94. The SMILES string of the molecule is CCC(N)(CC)CNc1nccc(C)n1. The zero-order chi connectivity index (χ0) is 11.3. The number of rotatable bonds is 5. The van der Waals surface area contributed by atoms with Crippen molar-refractivity contribution in [3.8, 4) is 0 Å². The average molecular weight is 208 g/mol. The highest BCUT2D eigenvalue weighted by atomic mass is 15.1. The van der Waals surface area contributed by atoms with E-state index in [9.17, 15) is 0 Å². The van der Waals surface area contributed by atoms with E-state index in [-0.39, 0.29) is 5.54 Å². The first-order valence-electron chi connectivity index (χ1n) is 5.42. The molecule has 0 aliphatic heterocycles. The molecule has 15 heavy (non-hydrogen) atoms. The van der Waals surface area contributed by atoms with Gasteiger partial charge in [-0.1, -0.05) is 13.8 Å². The third-order valence-electron chi connectivity index (χ3n) is 2.80. The van der Waals surface area contributed by atoms with Gasteiger partial charge in [-0.15, -0.1) is 0 Å². The zero-order valence-electron chi connectivity index (χ0n) is 9.75. The van der Waals surface area contributed by atoms with Crippen molar-refractivity contribution in [1.82, 2.24) is 9.97 Å². The van der Waals surface area contributed by atoms with Crippen molar-refractivity contribution < 1.29 is 0 Å². The van der Waals surface area contributed by atoms with Gasteiger partial charge in [-0.05, 0) is 25.8 Å². The number of aromatic nitrogens is 2. The first-order chi connectivity index (χ1) is 7.09. The van der Waals surface area contributed by atoms with Gasteiger partial charge in [-0.3, -0.25) is 0 Å². The Hall–Kier alpha value is -1.16. The number of nitrogens with two attached hydrogens (primary N) is 1. The number of hydrogen-bond acceptors (Lipinski definition) is 4. The van der Waals surface area contributed by atoms with Crippen molar-refractivity contribution in [3.63, 3.8) is 0 Å². The first-order valence-corrected chi connectivity index (χ1v) is 5.42. The molecule has 0 atom stereocenters. The number of nitrogens with zero attached hydrogens (tertiary/aromatic N) is 2. The van der Waals surface area contributed by atoms with Crippen LogP contribution in [0.5, 0.6) is 0 Å². The molecule has 1 aromatic rings. The van der Waals surface area contributed by atoms with Gasteiger partial charge in [0.2, 0.25) is 5.95 Å². The molecule has 1 heterocycles. The molecule has 4 heteroatoms. The van der Waals surface area contributed by atoms with Gasteiger partial charge in [-0.2, -0.15) is 0 Å². The van der Waals surface area contributed by atoms with E-state index in [1.165, 1.54) is 0 Å². The van der Waals surface area contributed by atoms with Gasteiger partial charge in [0.15, 0.2) is 0 Å². The van der Waals surface area contributed by atoms with E-state index in [1.54, 1.807) is 6.20 Å². The van der Waals surface area contributed by atoms with Gasteiger partial charge in [0.1, 0.15) is 0 Å². The van der Waals surface area contributed by atoms with Crippen molar-refractivity contribution in [2.75, 3.05) is 11.9 Å². The van der Waals surface area contributed by atoms with Crippen molar-refractivity contribution in [1.29, 1.82) is 0 Å². The Morgan fingerprint density at radius 1 is 1.40 bits per heavy atom. The monoisotopic (exact) mass is 208 g/mol. The molecule has 0 aliphatic rings. The zero-order valence-corrected chi connectivity index (χ0v) is 9.75. The van der Waals surface area contributed by atoms with Crippen LogP contribution in [-0.4, -0.2) is 22.1 Å². The van der Waals surface area contributed by atoms with Gasteiger partial charge in [0.05, 0.1) is 0 Å². The van der Waals surface area contributed by atoms with Crippen LogP contribution in [0.15, 0.2) is 12.3 Å². The Labute approximate surface area is 91.3 Å². The molecule has 0 saturated carbocycles. The fourth-order valence-corrected chi connectivity index (χ4v) is 1.29. The molecule has 0 aliphatic carbocycles. The summed E-state index contributed by atoms with van der Waals surface area (Å²) in [6.45, 7) is 6.86. The Morgan fingerprint density at radius 2 is 2.07 bits per heavy atom. The summed E-state index contributed by atoms with van der Waals surface area (Å²) in [5, 5.41) is 3.18. The highest BCUT2D eigenvalue weighted by Crippen LogP contribution is 2.11. The number of hydrogen-bond donors (Lipinski definition) is 2. The first kappa shape index (κ1) is 11.9. The molecule has 0 spiro atoms. The Morgan fingerprint density at radius 3 is 2.60 bits per heavy atom. The van der Waals surface area contributed by atoms with Crippen LogP contribution in [-0.2, 0) is 0 Å². The summed E-state index contributed by atoms with van der Waals surface area (Å²) in [6, 6.07) is 1.88. The predicted molar refractivity (Wildman–Crippen MR) is 62.8 cm³/mol. The molecule has 1 aromatic heterocycles. The van der Waals surface area contributed by atoms with Gasteiger partial charge < -0.3 is 11.1 Å². The number of aryl methyl sites for hydroxylation is 1. The molecule has 0 radical (unpaired) electrons. The maximum Gasteiger partial charge on any atom is 0.222 e. The summed E-state index contributed by atoms with van der Waals surface area (Å²) in [5.74, 6) is 0.659. The van der Waals surface area contributed by atoms with E-state index >= 15 is 0 Å². The van der Waals surface area contributed by atoms with Crippen LogP contribution >= 0.6 is 0 Å². The highest BCUT2D eigenvalue weighted by molar-refractivity contribution is 5.25. The lowest BCUT2D eigenvalue weighted by Crippen LogP contribution is -2.45. The van der Waals surface area contributed by atoms with E-state index in [4.69, 9.17) is 5.73 Å². The molecule has 3 N–H and O–H groups in total. The van der Waals surface area contributed by atoms with E-state index in [0.717, 1.165) is 18.5 Å². The lowest BCUT2D eigenvalue weighted by molar-refractivity contribution is 0.417. The maximum atomic E-state index is 6.16. The van der Waals surface area contributed by atoms with Crippen LogP contribution < -0.4 is 11.1 Å².